The topological polar surface area (TPSA) is 81.1 Å². The Bertz CT molecular complexity index is 536. The Morgan fingerprint density at radius 2 is 1.86 bits per heavy atom. The number of carboxylic acid groups (broad SMARTS) is 1. The number of aliphatic carboxylic acids is 1. The van der Waals surface area contributed by atoms with Crippen LogP contribution < -0.4 is 0 Å². The van der Waals surface area contributed by atoms with Crippen molar-refractivity contribution in [3.8, 4) is 5.75 Å². The fourth-order valence-corrected chi connectivity index (χ4v) is 2.35. The van der Waals surface area contributed by atoms with E-state index in [0.717, 1.165) is 6.07 Å². The molecule has 2 N–H and O–H groups in total. The molecule has 7 heteroatoms. The number of benzene rings is 1. The highest BCUT2D eigenvalue weighted by molar-refractivity contribution is 5.97. The number of phenols is 1. The summed E-state index contributed by atoms with van der Waals surface area (Å²) in [6.45, 7) is 2.97. The van der Waals surface area contributed by atoms with Crippen molar-refractivity contribution in [1.29, 1.82) is 0 Å². The normalized spacial score (nSPS) is 17.5. The minimum Gasteiger partial charge on any atom is -0.507 e. The van der Waals surface area contributed by atoms with Crippen molar-refractivity contribution >= 4 is 11.9 Å². The molecule has 2 rings (SSSR count). The summed E-state index contributed by atoms with van der Waals surface area (Å²) in [5, 5.41) is 18.6. The summed E-state index contributed by atoms with van der Waals surface area (Å²) in [6, 6.07) is 3.09. The largest absolute Gasteiger partial charge is 0.507 e. The molecular weight excluding hydrogens is 279 g/mol. The standard InChI is InChI=1S/C14H17FN2O4/c1-9(14(20)21)16-5-7-17(8-6-16)13(19)12-10(15)3-2-4-11(12)18/h2-4,9,18H,5-8H2,1H3,(H,20,21). The van der Waals surface area contributed by atoms with Gasteiger partial charge in [0, 0.05) is 26.2 Å². The number of amides is 1. The molecule has 1 aromatic rings. The average Bonchev–Trinajstić information content (AvgIpc) is 2.46. The monoisotopic (exact) mass is 296 g/mol. The van der Waals surface area contributed by atoms with Gasteiger partial charge in [0.05, 0.1) is 0 Å². The molecule has 0 radical (unpaired) electrons. The Hall–Kier alpha value is -2.15. The average molecular weight is 296 g/mol. The summed E-state index contributed by atoms with van der Waals surface area (Å²) < 4.78 is 13.7. The van der Waals surface area contributed by atoms with Gasteiger partial charge in [-0.25, -0.2) is 4.39 Å². The minimum absolute atomic E-state index is 0.296. The van der Waals surface area contributed by atoms with Crippen molar-refractivity contribution in [2.45, 2.75) is 13.0 Å². The zero-order chi connectivity index (χ0) is 15.6. The Morgan fingerprint density at radius 3 is 2.38 bits per heavy atom. The fraction of sp³-hybridized carbons (Fsp3) is 0.429. The van der Waals surface area contributed by atoms with Gasteiger partial charge >= 0.3 is 5.97 Å². The third-order valence-electron chi connectivity index (χ3n) is 3.71. The second-order valence-electron chi connectivity index (χ2n) is 4.98. The van der Waals surface area contributed by atoms with E-state index in [4.69, 9.17) is 5.11 Å². The first-order valence-corrected chi connectivity index (χ1v) is 6.65. The lowest BCUT2D eigenvalue weighted by molar-refractivity contribution is -0.143. The SMILES string of the molecule is CC(C(=O)O)N1CCN(C(=O)c2c(O)cccc2F)CC1. The molecule has 1 fully saturated rings. The van der Waals surface area contributed by atoms with Gasteiger partial charge in [-0.3, -0.25) is 14.5 Å². The van der Waals surface area contributed by atoms with Crippen molar-refractivity contribution in [3.63, 3.8) is 0 Å². The quantitative estimate of drug-likeness (QED) is 0.861. The van der Waals surface area contributed by atoms with Crippen LogP contribution in [0.2, 0.25) is 0 Å². The molecule has 6 nitrogen and oxygen atoms in total. The second kappa shape index (κ2) is 6.09. The van der Waals surface area contributed by atoms with Gasteiger partial charge in [0.25, 0.3) is 5.91 Å². The number of phenolic OH excluding ortho intramolecular Hbond substituents is 1. The lowest BCUT2D eigenvalue weighted by atomic mass is 10.1. The van der Waals surface area contributed by atoms with Crippen molar-refractivity contribution in [1.82, 2.24) is 9.80 Å². The molecule has 0 aliphatic carbocycles. The van der Waals surface area contributed by atoms with E-state index >= 15 is 0 Å². The van der Waals surface area contributed by atoms with Gasteiger partial charge in [0.15, 0.2) is 0 Å². The maximum atomic E-state index is 13.7. The van der Waals surface area contributed by atoms with E-state index < -0.39 is 23.7 Å². The third-order valence-corrected chi connectivity index (χ3v) is 3.71. The number of carbonyl (C=O) groups is 2. The number of carboxylic acids is 1. The number of piperazine rings is 1. The van der Waals surface area contributed by atoms with E-state index in [-0.39, 0.29) is 11.3 Å². The Kier molecular flexibility index (Phi) is 4.42. The number of nitrogens with zero attached hydrogens (tertiary/aromatic N) is 2. The summed E-state index contributed by atoms with van der Waals surface area (Å²) >= 11 is 0. The molecular formula is C14H17FN2O4. The number of carbonyl (C=O) groups excluding carboxylic acids is 1. The third kappa shape index (κ3) is 3.13. The van der Waals surface area contributed by atoms with Crippen LogP contribution in [0.3, 0.4) is 0 Å². The van der Waals surface area contributed by atoms with E-state index in [1.807, 2.05) is 0 Å². The van der Waals surface area contributed by atoms with E-state index in [1.165, 1.54) is 17.0 Å². The highest BCUT2D eigenvalue weighted by atomic mass is 19.1. The van der Waals surface area contributed by atoms with E-state index in [2.05, 4.69) is 0 Å². The van der Waals surface area contributed by atoms with Gasteiger partial charge in [-0.2, -0.15) is 0 Å². The van der Waals surface area contributed by atoms with Crippen molar-refractivity contribution in [2.75, 3.05) is 26.2 Å². The van der Waals surface area contributed by atoms with Gasteiger partial charge < -0.3 is 15.1 Å². The summed E-state index contributed by atoms with van der Waals surface area (Å²) in [7, 11) is 0. The van der Waals surface area contributed by atoms with Crippen LogP contribution in [-0.4, -0.2) is 64.1 Å². The molecule has 1 aliphatic heterocycles. The van der Waals surface area contributed by atoms with Crippen LogP contribution in [-0.2, 0) is 4.79 Å². The lowest BCUT2D eigenvalue weighted by Gasteiger charge is -2.36. The molecule has 1 heterocycles. The van der Waals surface area contributed by atoms with Crippen LogP contribution in [0.5, 0.6) is 5.75 Å². The molecule has 1 atom stereocenters. The van der Waals surface area contributed by atoms with Crippen LogP contribution in [0, 0.1) is 5.82 Å². The van der Waals surface area contributed by atoms with Gasteiger partial charge in [-0.15, -0.1) is 0 Å². The van der Waals surface area contributed by atoms with Crippen molar-refractivity contribution in [3.05, 3.63) is 29.6 Å². The van der Waals surface area contributed by atoms with Gasteiger partial charge in [-0.05, 0) is 19.1 Å². The maximum Gasteiger partial charge on any atom is 0.320 e. The summed E-state index contributed by atoms with van der Waals surface area (Å²) in [5.74, 6) is -2.64. The van der Waals surface area contributed by atoms with E-state index in [0.29, 0.717) is 26.2 Å². The molecule has 21 heavy (non-hydrogen) atoms. The first-order chi connectivity index (χ1) is 9.91. The number of rotatable bonds is 3. The lowest BCUT2D eigenvalue weighted by Crippen LogP contribution is -2.53. The summed E-state index contributed by atoms with van der Waals surface area (Å²) in [4.78, 5) is 26.3. The van der Waals surface area contributed by atoms with Crippen LogP contribution in [0.25, 0.3) is 0 Å². The van der Waals surface area contributed by atoms with Gasteiger partial charge in [0.1, 0.15) is 23.2 Å². The molecule has 0 saturated carbocycles. The molecule has 114 valence electrons. The highest BCUT2D eigenvalue weighted by Gasteiger charge is 2.29. The molecule has 1 aromatic carbocycles. The maximum absolute atomic E-state index is 13.7. The molecule has 1 saturated heterocycles. The van der Waals surface area contributed by atoms with Crippen molar-refractivity contribution < 1.29 is 24.2 Å². The predicted molar refractivity (Wildman–Crippen MR) is 72.6 cm³/mol. The van der Waals surface area contributed by atoms with E-state index in [9.17, 15) is 19.1 Å². The summed E-state index contributed by atoms with van der Waals surface area (Å²) in [6.07, 6.45) is 0. The Balaban J connectivity index is 2.06. The van der Waals surface area contributed by atoms with Crippen LogP contribution in [0.15, 0.2) is 18.2 Å². The van der Waals surface area contributed by atoms with Gasteiger partial charge in [0.2, 0.25) is 0 Å². The summed E-state index contributed by atoms with van der Waals surface area (Å²) in [5.41, 5.74) is -0.336. The zero-order valence-electron chi connectivity index (χ0n) is 11.6. The zero-order valence-corrected chi connectivity index (χ0v) is 11.6. The molecule has 1 aliphatic rings. The van der Waals surface area contributed by atoms with Crippen LogP contribution in [0.4, 0.5) is 4.39 Å². The number of hydrogen-bond acceptors (Lipinski definition) is 4. The molecule has 0 spiro atoms. The van der Waals surface area contributed by atoms with Crippen molar-refractivity contribution in [2.24, 2.45) is 0 Å². The second-order valence-corrected chi connectivity index (χ2v) is 4.98. The molecule has 0 aromatic heterocycles. The van der Waals surface area contributed by atoms with Crippen LogP contribution >= 0.6 is 0 Å². The Morgan fingerprint density at radius 1 is 1.24 bits per heavy atom. The first kappa shape index (κ1) is 15.2. The fourth-order valence-electron chi connectivity index (χ4n) is 2.35. The number of halogens is 1. The van der Waals surface area contributed by atoms with E-state index in [1.54, 1.807) is 11.8 Å². The number of hydrogen-bond donors (Lipinski definition) is 2. The van der Waals surface area contributed by atoms with Gasteiger partial charge in [-0.1, -0.05) is 6.07 Å². The minimum atomic E-state index is -0.915. The Labute approximate surface area is 121 Å². The van der Waals surface area contributed by atoms with Crippen LogP contribution in [0.1, 0.15) is 17.3 Å². The highest BCUT2D eigenvalue weighted by Crippen LogP contribution is 2.22. The smallest absolute Gasteiger partial charge is 0.320 e. The molecule has 1 amide bonds. The number of aromatic hydroxyl groups is 1. The molecule has 0 bridgehead atoms. The first-order valence-electron chi connectivity index (χ1n) is 6.65. The predicted octanol–water partition coefficient (Wildman–Crippen LogP) is 0.762. The molecule has 1 unspecified atom stereocenters.